The number of morpholine rings is 1. The predicted molar refractivity (Wildman–Crippen MR) is 95.0 cm³/mol. The van der Waals surface area contributed by atoms with Crippen LogP contribution in [0.15, 0.2) is 11.1 Å². The van der Waals surface area contributed by atoms with E-state index in [2.05, 4.69) is 15.0 Å². The van der Waals surface area contributed by atoms with Crippen LogP contribution >= 0.6 is 19.3 Å². The van der Waals surface area contributed by atoms with Crippen LogP contribution in [0.5, 0.6) is 0 Å². The normalized spacial score (nSPS) is 29.6. The van der Waals surface area contributed by atoms with E-state index in [9.17, 15) is 24.5 Å². The standard InChI is InChI=1S/C14H19ClN5O8P.Na/c15-14-18-8-11(16-6-17-12(8)23)20(14)13-10(22)9(21)7(28-13)5-27-29(24,25)19-1-3-26-4-2-19;/h6-7,9-10,13,21-22H,1-5H2,(H,24,25)(H,16,17,23);/q;+1/p-1/t7-,9-,10-,13-;/m1./s1. The average Bonchev–Trinajstić information content (AvgIpc) is 3.18. The summed E-state index contributed by atoms with van der Waals surface area (Å²) < 4.78 is 30.3. The van der Waals surface area contributed by atoms with Gasteiger partial charge in [-0.3, -0.25) is 13.9 Å². The van der Waals surface area contributed by atoms with Gasteiger partial charge in [0.25, 0.3) is 5.56 Å². The molecule has 16 heteroatoms. The predicted octanol–water partition coefficient (Wildman–Crippen LogP) is -4.79. The molecule has 1 unspecified atom stereocenters. The van der Waals surface area contributed by atoms with Crippen molar-refractivity contribution in [1.29, 1.82) is 0 Å². The van der Waals surface area contributed by atoms with Crippen LogP contribution in [0, 0.1) is 0 Å². The molecule has 4 heterocycles. The smallest absolute Gasteiger partial charge is 0.766 e. The van der Waals surface area contributed by atoms with Crippen molar-refractivity contribution in [2.24, 2.45) is 0 Å². The minimum Gasteiger partial charge on any atom is -0.766 e. The van der Waals surface area contributed by atoms with Crippen LogP contribution in [0.2, 0.25) is 5.28 Å². The van der Waals surface area contributed by atoms with Gasteiger partial charge in [-0.2, -0.15) is 0 Å². The third kappa shape index (κ3) is 4.53. The Morgan fingerprint density at radius 3 is 2.77 bits per heavy atom. The SMILES string of the molecule is O=c1[nH]cnc2c1nc(Cl)n2[C@@H]1O[C@H](COP(=O)([O-])N2CCOCC2)[C@@H](O)[C@H]1O.[Na+]. The molecule has 4 rings (SSSR count). The molecule has 0 saturated carbocycles. The molecule has 2 saturated heterocycles. The minimum atomic E-state index is -4.37. The van der Waals surface area contributed by atoms with Crippen LogP contribution in [0.25, 0.3) is 11.2 Å². The Morgan fingerprint density at radius 1 is 1.37 bits per heavy atom. The summed E-state index contributed by atoms with van der Waals surface area (Å²) in [5, 5.41) is 20.5. The second-order valence-electron chi connectivity index (χ2n) is 6.53. The molecule has 5 atom stereocenters. The molecule has 160 valence electrons. The fourth-order valence-corrected chi connectivity index (χ4v) is 4.66. The van der Waals surface area contributed by atoms with Crippen molar-refractivity contribution >= 4 is 30.5 Å². The Kier molecular flexibility index (Phi) is 7.76. The van der Waals surface area contributed by atoms with Crippen molar-refractivity contribution in [3.8, 4) is 0 Å². The maximum atomic E-state index is 12.3. The topological polar surface area (TPSA) is 175 Å². The third-order valence-corrected chi connectivity index (χ3v) is 6.60. The van der Waals surface area contributed by atoms with Crippen LogP contribution in [0.1, 0.15) is 6.23 Å². The van der Waals surface area contributed by atoms with Crippen molar-refractivity contribution in [3.05, 3.63) is 22.0 Å². The number of nitrogens with zero attached hydrogens (tertiary/aromatic N) is 4. The summed E-state index contributed by atoms with van der Waals surface area (Å²) in [6, 6.07) is 0. The monoisotopic (exact) mass is 473 g/mol. The number of aromatic amines is 1. The maximum Gasteiger partial charge on any atom is 1.00 e. The van der Waals surface area contributed by atoms with Crippen LogP contribution in [-0.4, -0.2) is 85.6 Å². The van der Waals surface area contributed by atoms with E-state index in [1.165, 1.54) is 0 Å². The van der Waals surface area contributed by atoms with Gasteiger partial charge < -0.3 is 34.1 Å². The van der Waals surface area contributed by atoms with E-state index in [0.29, 0.717) is 0 Å². The number of nitrogens with one attached hydrogen (secondary N) is 1. The molecule has 13 nitrogen and oxygen atoms in total. The molecule has 2 aliphatic heterocycles. The molecule has 0 bridgehead atoms. The fourth-order valence-electron chi connectivity index (χ4n) is 3.25. The third-order valence-electron chi connectivity index (χ3n) is 4.77. The van der Waals surface area contributed by atoms with Crippen LogP contribution in [0.4, 0.5) is 0 Å². The van der Waals surface area contributed by atoms with E-state index in [-0.39, 0.29) is 72.3 Å². The van der Waals surface area contributed by atoms with Gasteiger partial charge in [0.2, 0.25) is 13.0 Å². The van der Waals surface area contributed by atoms with Crippen molar-refractivity contribution in [2.45, 2.75) is 24.5 Å². The molecule has 0 aromatic carbocycles. The van der Waals surface area contributed by atoms with Gasteiger partial charge in [-0.15, -0.1) is 0 Å². The number of ether oxygens (including phenoxy) is 2. The summed E-state index contributed by atoms with van der Waals surface area (Å²) in [6.07, 6.45) is -4.25. The summed E-state index contributed by atoms with van der Waals surface area (Å²) in [4.78, 5) is 34.4. The van der Waals surface area contributed by atoms with Gasteiger partial charge in [0.1, 0.15) is 18.3 Å². The van der Waals surface area contributed by atoms with Gasteiger partial charge in [-0.05, 0) is 11.6 Å². The molecule has 2 aliphatic rings. The number of H-pyrrole nitrogens is 1. The van der Waals surface area contributed by atoms with Crippen molar-refractivity contribution < 1.29 is 63.2 Å². The summed E-state index contributed by atoms with van der Waals surface area (Å²) in [5.74, 6) is 0. The van der Waals surface area contributed by atoms with Gasteiger partial charge in [-0.25, -0.2) is 14.6 Å². The zero-order valence-electron chi connectivity index (χ0n) is 15.9. The largest absolute Gasteiger partial charge is 1.00 e. The van der Waals surface area contributed by atoms with E-state index < -0.39 is 44.5 Å². The Hall–Kier alpha value is -0.410. The van der Waals surface area contributed by atoms with E-state index in [4.69, 9.17) is 25.6 Å². The fraction of sp³-hybridized carbons (Fsp3) is 0.643. The zero-order chi connectivity index (χ0) is 20.8. The first-order chi connectivity index (χ1) is 13.8. The number of aliphatic hydroxyl groups is 2. The second kappa shape index (κ2) is 9.61. The number of halogens is 1. The molecule has 2 aromatic rings. The Balaban J connectivity index is 0.00000256. The van der Waals surface area contributed by atoms with Gasteiger partial charge in [0.15, 0.2) is 17.4 Å². The maximum absolute atomic E-state index is 12.3. The first-order valence-electron chi connectivity index (χ1n) is 8.71. The van der Waals surface area contributed by atoms with Crippen molar-refractivity contribution in [1.82, 2.24) is 24.2 Å². The quantitative estimate of drug-likeness (QED) is 0.216. The average molecular weight is 474 g/mol. The second-order valence-corrected chi connectivity index (χ2v) is 8.63. The van der Waals surface area contributed by atoms with Crippen LogP contribution in [0.3, 0.4) is 0 Å². The van der Waals surface area contributed by atoms with Gasteiger partial charge in [0.05, 0.1) is 26.1 Å². The molecular weight excluding hydrogens is 456 g/mol. The van der Waals surface area contributed by atoms with Crippen LogP contribution in [-0.2, 0) is 18.6 Å². The van der Waals surface area contributed by atoms with E-state index in [0.717, 1.165) is 15.6 Å². The Morgan fingerprint density at radius 2 is 2.07 bits per heavy atom. The van der Waals surface area contributed by atoms with Gasteiger partial charge in [-0.1, -0.05) is 0 Å². The molecule has 2 fully saturated rings. The molecule has 0 spiro atoms. The van der Waals surface area contributed by atoms with E-state index in [1.54, 1.807) is 0 Å². The number of aromatic nitrogens is 4. The number of hydrogen-bond donors (Lipinski definition) is 3. The number of fused-ring (bicyclic) bond motifs is 1. The van der Waals surface area contributed by atoms with Gasteiger partial charge >= 0.3 is 29.6 Å². The summed E-state index contributed by atoms with van der Waals surface area (Å²) in [5.41, 5.74) is -0.570. The Bertz CT molecular complexity index is 1000. The first-order valence-corrected chi connectivity index (χ1v) is 10.6. The van der Waals surface area contributed by atoms with Gasteiger partial charge in [0, 0.05) is 13.1 Å². The van der Waals surface area contributed by atoms with Crippen molar-refractivity contribution in [3.63, 3.8) is 0 Å². The molecular formula is C14H18ClN5NaO8P. The Labute approximate surface area is 196 Å². The van der Waals surface area contributed by atoms with Crippen molar-refractivity contribution in [2.75, 3.05) is 32.9 Å². The summed E-state index contributed by atoms with van der Waals surface area (Å²) in [7, 11) is -4.37. The number of rotatable bonds is 5. The molecule has 0 aliphatic carbocycles. The van der Waals surface area contributed by atoms with Crippen LogP contribution < -0.4 is 40.0 Å². The number of imidazole rings is 1. The molecule has 0 radical (unpaired) electrons. The summed E-state index contributed by atoms with van der Waals surface area (Å²) >= 11 is 6.07. The molecule has 3 N–H and O–H groups in total. The van der Waals surface area contributed by atoms with E-state index >= 15 is 0 Å². The number of aliphatic hydroxyl groups excluding tert-OH is 2. The zero-order valence-corrected chi connectivity index (χ0v) is 19.5. The number of hydrogen-bond acceptors (Lipinski definition) is 10. The minimum absolute atomic E-state index is 0. The van der Waals surface area contributed by atoms with E-state index in [1.807, 2.05) is 0 Å². The molecule has 30 heavy (non-hydrogen) atoms. The molecule has 2 aromatic heterocycles. The summed E-state index contributed by atoms with van der Waals surface area (Å²) in [6.45, 7) is 0.327. The first kappa shape index (κ1) is 24.2. The molecule has 0 amide bonds.